The number of ether oxygens (including phenoxy) is 1. The molecular weight excluding hydrogens is 572 g/mol. The van der Waals surface area contributed by atoms with E-state index in [1.807, 2.05) is 6.07 Å². The number of nitriles is 1. The second-order valence-electron chi connectivity index (χ2n) is 13.4. The first-order valence-electron chi connectivity index (χ1n) is 16.1. The van der Waals surface area contributed by atoms with Gasteiger partial charge in [0.1, 0.15) is 34.5 Å². The fraction of sp³-hybridized carbons (Fsp3) is 0.636. The lowest BCUT2D eigenvalue weighted by Crippen LogP contribution is -2.55. The van der Waals surface area contributed by atoms with Gasteiger partial charge >= 0.3 is 0 Å². The van der Waals surface area contributed by atoms with E-state index in [1.54, 1.807) is 0 Å². The molecule has 5 atom stereocenters. The number of fused-ring (bicyclic) bond motifs is 2. The third-order valence-electron chi connectivity index (χ3n) is 10.7. The minimum atomic E-state index is -0.701. The lowest BCUT2D eigenvalue weighted by molar-refractivity contribution is 0.116. The molecule has 1 spiro atoms. The highest BCUT2D eigenvalue weighted by Crippen LogP contribution is 2.54. The highest BCUT2D eigenvalue weighted by atomic mass is 32.1. The van der Waals surface area contributed by atoms with Crippen LogP contribution in [0.5, 0.6) is 5.88 Å². The number of likely N-dealkylation sites (tertiary alicyclic amines) is 1. The second kappa shape index (κ2) is 12.0. The van der Waals surface area contributed by atoms with Gasteiger partial charge in [-0.05, 0) is 98.3 Å². The fourth-order valence-electron chi connectivity index (χ4n) is 8.06. The highest BCUT2D eigenvalue weighted by molar-refractivity contribution is 7.16. The van der Waals surface area contributed by atoms with E-state index >= 15 is 0 Å². The second-order valence-corrected chi connectivity index (χ2v) is 14.5. The molecule has 236 valence electrons. The number of nitrogens with zero attached hydrogens (tertiary/aromatic N) is 6. The highest BCUT2D eigenvalue weighted by Gasteiger charge is 2.47. The maximum Gasteiger partial charge on any atom is 0.219 e. The molecule has 11 heteroatoms. The predicted octanol–water partition coefficient (Wildman–Crippen LogP) is 5.02. The van der Waals surface area contributed by atoms with Crippen molar-refractivity contribution in [2.75, 3.05) is 44.4 Å². The number of piperazine rings is 1. The van der Waals surface area contributed by atoms with Crippen LogP contribution in [0.3, 0.4) is 0 Å². The van der Waals surface area contributed by atoms with Crippen LogP contribution in [0.25, 0.3) is 0 Å². The summed E-state index contributed by atoms with van der Waals surface area (Å²) < 4.78 is 6.52. The van der Waals surface area contributed by atoms with E-state index in [1.165, 1.54) is 11.3 Å². The van der Waals surface area contributed by atoms with Crippen LogP contribution < -0.4 is 15.4 Å². The van der Waals surface area contributed by atoms with E-state index in [0.29, 0.717) is 46.6 Å². The topological polar surface area (TPSA) is 139 Å². The lowest BCUT2D eigenvalue weighted by Gasteiger charge is -2.43. The molecule has 0 bridgehead atoms. The van der Waals surface area contributed by atoms with Crippen LogP contribution in [0, 0.1) is 16.7 Å². The zero-order valence-electron chi connectivity index (χ0n) is 26.7. The van der Waals surface area contributed by atoms with E-state index in [-0.39, 0.29) is 23.4 Å². The van der Waals surface area contributed by atoms with Gasteiger partial charge < -0.3 is 20.5 Å². The number of allylic oxidation sites excluding steroid dienone is 2. The first-order valence-corrected chi connectivity index (χ1v) is 16.9. The van der Waals surface area contributed by atoms with Crippen molar-refractivity contribution in [2.24, 2.45) is 0 Å². The molecule has 0 aromatic carbocycles. The number of anilines is 2. The van der Waals surface area contributed by atoms with Gasteiger partial charge in [-0.1, -0.05) is 0 Å². The quantitative estimate of drug-likeness (QED) is 0.381. The summed E-state index contributed by atoms with van der Waals surface area (Å²) in [6.45, 7) is 9.21. The van der Waals surface area contributed by atoms with E-state index in [9.17, 15) is 15.8 Å². The molecule has 0 radical (unpaired) electrons. The summed E-state index contributed by atoms with van der Waals surface area (Å²) >= 11 is 1.47. The van der Waals surface area contributed by atoms with Crippen molar-refractivity contribution in [3.8, 4) is 11.9 Å². The molecule has 2 aromatic rings. The smallest absolute Gasteiger partial charge is 0.219 e. The molecule has 0 amide bonds. The number of hydrogen-bond acceptors (Lipinski definition) is 11. The first kappa shape index (κ1) is 30.8. The van der Waals surface area contributed by atoms with Crippen molar-refractivity contribution in [1.82, 2.24) is 19.8 Å². The maximum absolute atomic E-state index is 12.0. The summed E-state index contributed by atoms with van der Waals surface area (Å²) in [4.78, 5) is 17.9. The third kappa shape index (κ3) is 5.25. The van der Waals surface area contributed by atoms with Gasteiger partial charge in [0.2, 0.25) is 5.88 Å². The number of rotatable bonds is 6. The first-order chi connectivity index (χ1) is 21.0. The van der Waals surface area contributed by atoms with E-state index in [2.05, 4.69) is 55.6 Å². The molecule has 0 saturated carbocycles. The number of aryl methyl sites for hydroxylation is 1. The van der Waals surface area contributed by atoms with Crippen LogP contribution in [0.2, 0.25) is 0 Å². The number of nitrogens with one attached hydrogen (secondary N) is 1. The molecule has 2 aliphatic heterocycles. The summed E-state index contributed by atoms with van der Waals surface area (Å²) in [6, 6.07) is 5.22. The molecule has 6 rings (SSSR count). The normalized spacial score (nSPS) is 28.6. The number of aliphatic hydroxyl groups is 1. The van der Waals surface area contributed by atoms with Gasteiger partial charge in [-0.3, -0.25) is 15.2 Å². The largest absolute Gasteiger partial charge is 0.511 e. The average molecular weight is 619 g/mol. The van der Waals surface area contributed by atoms with E-state index in [0.717, 1.165) is 80.8 Å². The van der Waals surface area contributed by atoms with Crippen molar-refractivity contribution in [1.29, 1.82) is 10.7 Å². The molecule has 2 fully saturated rings. The van der Waals surface area contributed by atoms with Crippen LogP contribution in [0.15, 0.2) is 17.4 Å². The zero-order valence-corrected chi connectivity index (χ0v) is 27.5. The molecule has 2 aliphatic carbocycles. The summed E-state index contributed by atoms with van der Waals surface area (Å²) in [6.07, 6.45) is 6.72. The number of likely N-dealkylation sites (N-methyl/N-ethyl adjacent to an activating group) is 2. The van der Waals surface area contributed by atoms with Crippen molar-refractivity contribution in [2.45, 2.75) is 102 Å². The summed E-state index contributed by atoms with van der Waals surface area (Å²) in [5, 5.41) is 32.0. The summed E-state index contributed by atoms with van der Waals surface area (Å²) in [7, 11) is 4.30. The van der Waals surface area contributed by atoms with Gasteiger partial charge in [0.15, 0.2) is 5.82 Å². The van der Waals surface area contributed by atoms with Gasteiger partial charge in [-0.15, -0.1) is 11.3 Å². The van der Waals surface area contributed by atoms with Gasteiger partial charge in [0, 0.05) is 47.7 Å². The summed E-state index contributed by atoms with van der Waals surface area (Å²) in [5.74, 6) is 1.66. The number of aromatic nitrogens is 2. The number of nitrogen functional groups attached to an aromatic ring is 1. The monoisotopic (exact) mass is 618 g/mol. The average Bonchev–Trinajstić information content (AvgIpc) is 3.58. The maximum atomic E-state index is 12.0. The Labute approximate surface area is 265 Å². The van der Waals surface area contributed by atoms with E-state index < -0.39 is 5.41 Å². The van der Waals surface area contributed by atoms with Crippen molar-refractivity contribution in [3.63, 3.8) is 0 Å². The number of nitrogens with two attached hydrogens (primary N) is 1. The Morgan fingerprint density at radius 3 is 2.55 bits per heavy atom. The predicted molar refractivity (Wildman–Crippen MR) is 175 cm³/mol. The van der Waals surface area contributed by atoms with Crippen LogP contribution in [0.4, 0.5) is 10.8 Å². The lowest BCUT2D eigenvalue weighted by atomic mass is 9.63. The van der Waals surface area contributed by atoms with Gasteiger partial charge in [0.25, 0.3) is 0 Å². The van der Waals surface area contributed by atoms with E-state index in [4.69, 9.17) is 20.4 Å². The Kier molecular flexibility index (Phi) is 8.37. The van der Waals surface area contributed by atoms with Crippen LogP contribution in [-0.2, 0) is 11.8 Å². The van der Waals surface area contributed by atoms with Gasteiger partial charge in [-0.25, -0.2) is 4.98 Å². The van der Waals surface area contributed by atoms with Crippen LogP contribution in [-0.4, -0.2) is 88.5 Å². The van der Waals surface area contributed by atoms with Crippen molar-refractivity contribution in [3.05, 3.63) is 39.2 Å². The molecule has 4 heterocycles. The molecule has 4 N–H and O–H groups in total. The number of hydrogen-bond donors (Lipinski definition) is 3. The molecule has 44 heavy (non-hydrogen) atoms. The molecule has 0 unspecified atom stereocenters. The van der Waals surface area contributed by atoms with Gasteiger partial charge in [-0.2, -0.15) is 10.2 Å². The van der Waals surface area contributed by atoms with Crippen molar-refractivity contribution < 1.29 is 9.84 Å². The Balaban J connectivity index is 1.40. The molecule has 2 saturated heterocycles. The van der Waals surface area contributed by atoms with Crippen LogP contribution >= 0.6 is 11.3 Å². The summed E-state index contributed by atoms with van der Waals surface area (Å²) in [5.41, 5.74) is 7.64. The molecule has 10 nitrogen and oxygen atoms in total. The minimum absolute atomic E-state index is 0.0719. The SMILES string of the molecule is C[C@H](Oc1cc(N2C[C@H](C)N(C)[C@@H](C)C2)nc(C(=N)C2=C(O)[C@@]3(CCC2)CCCc2sc(N)c(C#N)c23)n1)[C@@H]1CCCN1C. The Hall–Kier alpha value is -3.20. The van der Waals surface area contributed by atoms with Gasteiger partial charge in [0.05, 0.1) is 11.0 Å². The van der Waals surface area contributed by atoms with Crippen LogP contribution in [0.1, 0.15) is 87.5 Å². The number of aliphatic hydroxyl groups excluding tert-OH is 1. The standard InChI is InChI=1S/C33H46N8O2S/c1-19-17-41(18-20(2)40(19)5)26-15-27(43-21(3)24-10-8-14-39(24)4)38-32(37-26)29(35)22-9-6-12-33(30(22)42)13-7-11-25-28(33)23(16-34)31(36)44-25/h15,19-21,24,35,42H,6-14,17-18,36H2,1-5H3/t19-,20-,21-,24-,33-/m0/s1. The molecular formula is C33H46N8O2S. The fourth-order valence-corrected chi connectivity index (χ4v) is 9.22. The molecule has 4 aliphatic rings. The zero-order chi connectivity index (χ0) is 31.3. The minimum Gasteiger partial charge on any atom is -0.511 e. The Morgan fingerprint density at radius 2 is 1.89 bits per heavy atom. The Morgan fingerprint density at radius 1 is 1.18 bits per heavy atom. The number of thiophene rings is 1. The molecule has 2 aromatic heterocycles. The Bertz CT molecular complexity index is 1500. The third-order valence-corrected chi connectivity index (χ3v) is 11.8. The van der Waals surface area contributed by atoms with Crippen molar-refractivity contribution >= 4 is 27.9 Å².